The molecule has 2 amide bonds. The number of nitrogens with zero attached hydrogens (tertiary/aromatic N) is 1. The molecule has 114 valence electrons. The largest absolute Gasteiger partial charge is 0.481 e. The molecule has 1 saturated carbocycles. The van der Waals surface area contributed by atoms with Gasteiger partial charge in [-0.05, 0) is 37.5 Å². The molecule has 2 fully saturated rings. The summed E-state index contributed by atoms with van der Waals surface area (Å²) in [4.78, 5) is 25.2. The van der Waals surface area contributed by atoms with Crippen molar-refractivity contribution in [3.05, 3.63) is 0 Å². The van der Waals surface area contributed by atoms with Gasteiger partial charge in [-0.2, -0.15) is 0 Å². The molecule has 2 atom stereocenters. The smallest absolute Gasteiger partial charge is 0.317 e. The Morgan fingerprint density at radius 1 is 1.15 bits per heavy atom. The molecule has 20 heavy (non-hydrogen) atoms. The Balaban J connectivity index is 1.82. The summed E-state index contributed by atoms with van der Waals surface area (Å²) in [7, 11) is 0. The van der Waals surface area contributed by atoms with Gasteiger partial charge in [0.25, 0.3) is 0 Å². The molecule has 0 bridgehead atoms. The Labute approximate surface area is 120 Å². The lowest BCUT2D eigenvalue weighted by atomic mass is 9.87. The summed E-state index contributed by atoms with van der Waals surface area (Å²) >= 11 is 0. The summed E-state index contributed by atoms with van der Waals surface area (Å²) in [6.07, 6.45) is 4.45. The van der Waals surface area contributed by atoms with E-state index in [9.17, 15) is 9.59 Å². The summed E-state index contributed by atoms with van der Waals surface area (Å²) in [6, 6.07) is -0.270. The number of urea groups is 1. The second kappa shape index (κ2) is 6.46. The number of carbonyl (C=O) groups is 2. The molecular weight excluding hydrogens is 256 g/mol. The van der Waals surface area contributed by atoms with Crippen LogP contribution in [0.1, 0.15) is 46.0 Å². The molecular formula is C15H26N2O3. The molecule has 0 aromatic heterocycles. The summed E-state index contributed by atoms with van der Waals surface area (Å²) in [5, 5.41) is 12.1. The maximum Gasteiger partial charge on any atom is 0.317 e. The van der Waals surface area contributed by atoms with E-state index in [1.807, 2.05) is 4.90 Å². The molecule has 1 heterocycles. The zero-order valence-corrected chi connectivity index (χ0v) is 12.5. The third-order valence-electron chi connectivity index (χ3n) is 4.91. The first-order valence-corrected chi connectivity index (χ1v) is 7.77. The van der Waals surface area contributed by atoms with E-state index < -0.39 is 11.9 Å². The Bertz CT molecular complexity index is 362. The van der Waals surface area contributed by atoms with E-state index in [0.717, 1.165) is 38.8 Å². The fourth-order valence-corrected chi connectivity index (χ4v) is 3.45. The molecule has 2 N–H and O–H groups in total. The zero-order valence-electron chi connectivity index (χ0n) is 12.5. The van der Waals surface area contributed by atoms with Crippen molar-refractivity contribution >= 4 is 12.0 Å². The SMILES string of the molecule is CC(C)C1CCN(C(=O)NC2CCCC2C(=O)O)CC1. The number of carboxylic acids is 1. The summed E-state index contributed by atoms with van der Waals surface area (Å²) in [5.41, 5.74) is 0. The summed E-state index contributed by atoms with van der Waals surface area (Å²) in [6.45, 7) is 6.05. The molecule has 5 heteroatoms. The lowest BCUT2D eigenvalue weighted by molar-refractivity contribution is -0.142. The first kappa shape index (κ1) is 15.1. The first-order chi connectivity index (χ1) is 9.49. The average Bonchev–Trinajstić information content (AvgIpc) is 2.87. The van der Waals surface area contributed by atoms with Gasteiger partial charge in [0.1, 0.15) is 0 Å². The highest BCUT2D eigenvalue weighted by Crippen LogP contribution is 2.27. The number of nitrogens with one attached hydrogen (secondary N) is 1. The lowest BCUT2D eigenvalue weighted by Gasteiger charge is -2.34. The highest BCUT2D eigenvalue weighted by Gasteiger charge is 2.35. The van der Waals surface area contributed by atoms with Gasteiger partial charge >= 0.3 is 12.0 Å². The number of amides is 2. The summed E-state index contributed by atoms with van der Waals surface area (Å²) in [5.74, 6) is 0.183. The van der Waals surface area contributed by atoms with Crippen LogP contribution < -0.4 is 5.32 Å². The zero-order chi connectivity index (χ0) is 14.7. The van der Waals surface area contributed by atoms with E-state index in [-0.39, 0.29) is 12.1 Å². The summed E-state index contributed by atoms with van der Waals surface area (Å²) < 4.78 is 0. The van der Waals surface area contributed by atoms with Gasteiger partial charge in [-0.15, -0.1) is 0 Å². The molecule has 0 spiro atoms. The quantitative estimate of drug-likeness (QED) is 0.834. The molecule has 1 aliphatic heterocycles. The van der Waals surface area contributed by atoms with E-state index >= 15 is 0 Å². The van der Waals surface area contributed by atoms with E-state index in [0.29, 0.717) is 18.3 Å². The van der Waals surface area contributed by atoms with Crippen LogP contribution in [-0.2, 0) is 4.79 Å². The molecule has 2 unspecified atom stereocenters. The van der Waals surface area contributed by atoms with Crippen molar-refractivity contribution < 1.29 is 14.7 Å². The number of likely N-dealkylation sites (tertiary alicyclic amines) is 1. The number of hydrogen-bond acceptors (Lipinski definition) is 2. The van der Waals surface area contributed by atoms with E-state index in [2.05, 4.69) is 19.2 Å². The van der Waals surface area contributed by atoms with Gasteiger partial charge in [0.15, 0.2) is 0 Å². The van der Waals surface area contributed by atoms with Gasteiger partial charge in [-0.3, -0.25) is 4.79 Å². The maximum absolute atomic E-state index is 12.2. The van der Waals surface area contributed by atoms with Gasteiger partial charge in [0, 0.05) is 19.1 Å². The molecule has 0 aromatic rings. The van der Waals surface area contributed by atoms with Gasteiger partial charge in [-0.1, -0.05) is 20.3 Å². The highest BCUT2D eigenvalue weighted by molar-refractivity contribution is 5.77. The van der Waals surface area contributed by atoms with Crippen LogP contribution in [0.4, 0.5) is 4.79 Å². The van der Waals surface area contributed by atoms with Crippen LogP contribution in [0.15, 0.2) is 0 Å². The number of aliphatic carboxylic acids is 1. The molecule has 1 aliphatic carbocycles. The van der Waals surface area contributed by atoms with Crippen LogP contribution in [-0.4, -0.2) is 41.1 Å². The maximum atomic E-state index is 12.2. The van der Waals surface area contributed by atoms with Crippen molar-refractivity contribution in [1.82, 2.24) is 10.2 Å². The van der Waals surface area contributed by atoms with Crippen LogP contribution in [0.25, 0.3) is 0 Å². The van der Waals surface area contributed by atoms with Gasteiger partial charge in [0.05, 0.1) is 5.92 Å². The predicted octanol–water partition coefficient (Wildman–Crippen LogP) is 2.32. The van der Waals surface area contributed by atoms with E-state index in [1.165, 1.54) is 0 Å². The van der Waals surface area contributed by atoms with Crippen LogP contribution in [0, 0.1) is 17.8 Å². The normalized spacial score (nSPS) is 27.9. The van der Waals surface area contributed by atoms with Crippen molar-refractivity contribution in [2.45, 2.75) is 52.0 Å². The van der Waals surface area contributed by atoms with Gasteiger partial charge < -0.3 is 15.3 Å². The average molecular weight is 282 g/mol. The molecule has 0 aromatic carbocycles. The first-order valence-electron chi connectivity index (χ1n) is 7.77. The molecule has 2 aliphatic rings. The standard InChI is InChI=1S/C15H26N2O3/c1-10(2)11-6-8-17(9-7-11)15(20)16-13-5-3-4-12(13)14(18)19/h10-13H,3-9H2,1-2H3,(H,16,20)(H,18,19). The minimum absolute atomic E-state index is 0.0784. The van der Waals surface area contributed by atoms with E-state index in [4.69, 9.17) is 5.11 Å². The van der Waals surface area contributed by atoms with Gasteiger partial charge in [-0.25, -0.2) is 4.79 Å². The highest BCUT2D eigenvalue weighted by atomic mass is 16.4. The Morgan fingerprint density at radius 3 is 2.35 bits per heavy atom. The Morgan fingerprint density at radius 2 is 1.80 bits per heavy atom. The van der Waals surface area contributed by atoms with Crippen molar-refractivity contribution in [1.29, 1.82) is 0 Å². The van der Waals surface area contributed by atoms with Crippen molar-refractivity contribution in [3.8, 4) is 0 Å². The number of rotatable bonds is 3. The number of carboxylic acid groups (broad SMARTS) is 1. The van der Waals surface area contributed by atoms with E-state index in [1.54, 1.807) is 0 Å². The van der Waals surface area contributed by atoms with Crippen LogP contribution in [0.5, 0.6) is 0 Å². The monoisotopic (exact) mass is 282 g/mol. The lowest BCUT2D eigenvalue weighted by Crippen LogP contribution is -2.50. The molecule has 2 rings (SSSR count). The number of hydrogen-bond donors (Lipinski definition) is 2. The molecule has 1 saturated heterocycles. The van der Waals surface area contributed by atoms with Crippen LogP contribution in [0.3, 0.4) is 0 Å². The Kier molecular flexibility index (Phi) is 4.89. The third kappa shape index (κ3) is 3.44. The molecule has 5 nitrogen and oxygen atoms in total. The topological polar surface area (TPSA) is 69.6 Å². The Hall–Kier alpha value is -1.26. The third-order valence-corrected chi connectivity index (χ3v) is 4.91. The number of piperidine rings is 1. The molecule has 0 radical (unpaired) electrons. The van der Waals surface area contributed by atoms with Crippen molar-refractivity contribution in [3.63, 3.8) is 0 Å². The number of carbonyl (C=O) groups excluding carboxylic acids is 1. The second-order valence-electron chi connectivity index (χ2n) is 6.50. The fraction of sp³-hybridized carbons (Fsp3) is 0.867. The minimum Gasteiger partial charge on any atom is -0.481 e. The van der Waals surface area contributed by atoms with Crippen LogP contribution >= 0.6 is 0 Å². The van der Waals surface area contributed by atoms with Crippen LogP contribution in [0.2, 0.25) is 0 Å². The fourth-order valence-electron chi connectivity index (χ4n) is 3.45. The van der Waals surface area contributed by atoms with Gasteiger partial charge in [0.2, 0.25) is 0 Å². The second-order valence-corrected chi connectivity index (χ2v) is 6.50. The minimum atomic E-state index is -0.786. The van der Waals surface area contributed by atoms with Crippen molar-refractivity contribution in [2.24, 2.45) is 17.8 Å². The predicted molar refractivity (Wildman–Crippen MR) is 76.4 cm³/mol. The van der Waals surface area contributed by atoms with Crippen molar-refractivity contribution in [2.75, 3.05) is 13.1 Å².